The Labute approximate surface area is 91.9 Å². The molecule has 0 fully saturated rings. The lowest BCUT2D eigenvalue weighted by molar-refractivity contribution is 0.0799. The summed E-state index contributed by atoms with van der Waals surface area (Å²) in [6.45, 7) is -0.852. The van der Waals surface area contributed by atoms with E-state index in [-0.39, 0.29) is 10.8 Å². The van der Waals surface area contributed by atoms with Gasteiger partial charge < -0.3 is 4.74 Å². The van der Waals surface area contributed by atoms with Crippen LogP contribution in [-0.2, 0) is 0 Å². The minimum absolute atomic E-state index is 0.184. The van der Waals surface area contributed by atoms with Crippen molar-refractivity contribution in [1.29, 1.82) is 0 Å². The monoisotopic (exact) mass is 288 g/mol. The normalized spacial score (nSPS) is 10.7. The maximum Gasteiger partial charge on any atom is 0.272 e. The second-order valence-corrected chi connectivity index (χ2v) is 3.61. The van der Waals surface area contributed by atoms with Crippen LogP contribution in [0.1, 0.15) is 0 Å². The van der Waals surface area contributed by atoms with Crippen molar-refractivity contribution in [3.05, 3.63) is 27.4 Å². The first-order chi connectivity index (χ1) is 6.52. The van der Waals surface area contributed by atoms with Gasteiger partial charge in [0, 0.05) is 4.47 Å². The SMILES string of the molecule is Fc1c(OCC(F)F)ccc(Br)c1Cl. The smallest absolute Gasteiger partial charge is 0.272 e. The summed E-state index contributed by atoms with van der Waals surface area (Å²) in [6.07, 6.45) is -2.64. The Kier molecular flexibility index (Phi) is 4.07. The van der Waals surface area contributed by atoms with E-state index in [9.17, 15) is 13.2 Å². The van der Waals surface area contributed by atoms with E-state index in [0.29, 0.717) is 4.47 Å². The first kappa shape index (κ1) is 11.7. The zero-order valence-corrected chi connectivity index (χ0v) is 9.08. The van der Waals surface area contributed by atoms with Gasteiger partial charge in [-0.15, -0.1) is 0 Å². The molecule has 0 unspecified atom stereocenters. The molecule has 0 radical (unpaired) electrons. The van der Waals surface area contributed by atoms with Crippen LogP contribution in [-0.4, -0.2) is 13.0 Å². The van der Waals surface area contributed by atoms with Crippen molar-refractivity contribution in [2.24, 2.45) is 0 Å². The average Bonchev–Trinajstić information content (AvgIpc) is 2.13. The highest BCUT2D eigenvalue weighted by molar-refractivity contribution is 9.10. The summed E-state index contributed by atoms with van der Waals surface area (Å²) in [4.78, 5) is 0. The van der Waals surface area contributed by atoms with Gasteiger partial charge in [-0.25, -0.2) is 13.2 Å². The molecule has 14 heavy (non-hydrogen) atoms. The van der Waals surface area contributed by atoms with Gasteiger partial charge in [-0.2, -0.15) is 0 Å². The third-order valence-corrected chi connectivity index (χ3v) is 2.62. The molecule has 0 aliphatic carbocycles. The number of hydrogen-bond donors (Lipinski definition) is 0. The highest BCUT2D eigenvalue weighted by atomic mass is 79.9. The second kappa shape index (κ2) is 4.89. The molecule has 0 saturated heterocycles. The molecule has 0 aliphatic rings. The maximum atomic E-state index is 13.2. The molecule has 0 spiro atoms. The molecule has 78 valence electrons. The summed E-state index contributed by atoms with van der Waals surface area (Å²) in [5.74, 6) is -1.12. The van der Waals surface area contributed by atoms with E-state index < -0.39 is 18.8 Å². The average molecular weight is 289 g/mol. The van der Waals surface area contributed by atoms with Gasteiger partial charge in [-0.1, -0.05) is 11.6 Å². The molecule has 0 amide bonds. The third kappa shape index (κ3) is 2.78. The minimum Gasteiger partial charge on any atom is -0.485 e. The molecule has 1 nitrogen and oxygen atoms in total. The largest absolute Gasteiger partial charge is 0.485 e. The summed E-state index contributed by atoms with van der Waals surface area (Å²) in [5.41, 5.74) is 0. The molecule has 0 saturated carbocycles. The van der Waals surface area contributed by atoms with Gasteiger partial charge in [0.1, 0.15) is 6.61 Å². The lowest BCUT2D eigenvalue weighted by Crippen LogP contribution is -2.08. The molecular weight excluding hydrogens is 284 g/mol. The van der Waals surface area contributed by atoms with E-state index in [4.69, 9.17) is 11.6 Å². The molecule has 1 aromatic carbocycles. The van der Waals surface area contributed by atoms with Crippen LogP contribution in [0.3, 0.4) is 0 Å². The number of ether oxygens (including phenoxy) is 1. The molecule has 1 aromatic rings. The van der Waals surface area contributed by atoms with Gasteiger partial charge in [0.25, 0.3) is 6.43 Å². The van der Waals surface area contributed by atoms with E-state index in [1.807, 2.05) is 0 Å². The van der Waals surface area contributed by atoms with Crippen molar-refractivity contribution >= 4 is 27.5 Å². The Morgan fingerprint density at radius 1 is 1.43 bits per heavy atom. The fraction of sp³-hybridized carbons (Fsp3) is 0.250. The van der Waals surface area contributed by atoms with Crippen LogP contribution in [0, 0.1) is 5.82 Å². The van der Waals surface area contributed by atoms with Crippen molar-refractivity contribution in [3.8, 4) is 5.75 Å². The zero-order valence-electron chi connectivity index (χ0n) is 6.74. The second-order valence-electron chi connectivity index (χ2n) is 2.38. The first-order valence-electron chi connectivity index (χ1n) is 3.57. The molecule has 0 heterocycles. The van der Waals surface area contributed by atoms with Gasteiger partial charge in [0.15, 0.2) is 11.6 Å². The Morgan fingerprint density at radius 3 is 2.64 bits per heavy atom. The van der Waals surface area contributed by atoms with Crippen molar-refractivity contribution < 1.29 is 17.9 Å². The van der Waals surface area contributed by atoms with E-state index in [2.05, 4.69) is 20.7 Å². The molecule has 1 rings (SSSR count). The zero-order chi connectivity index (χ0) is 10.7. The number of alkyl halides is 2. The summed E-state index contributed by atoms with van der Waals surface area (Å²) in [5, 5.41) is -0.184. The van der Waals surface area contributed by atoms with Crippen LogP contribution in [0.4, 0.5) is 13.2 Å². The Hall–Kier alpha value is -0.420. The molecule has 0 N–H and O–H groups in total. The van der Waals surface area contributed by atoms with Crippen LogP contribution < -0.4 is 4.74 Å². The van der Waals surface area contributed by atoms with Crippen molar-refractivity contribution in [2.75, 3.05) is 6.61 Å². The fourth-order valence-electron chi connectivity index (χ4n) is 0.772. The number of halogens is 5. The molecule has 0 aromatic heterocycles. The highest BCUT2D eigenvalue weighted by Gasteiger charge is 2.12. The van der Waals surface area contributed by atoms with Crippen molar-refractivity contribution in [3.63, 3.8) is 0 Å². The molecule has 0 aliphatic heterocycles. The third-order valence-electron chi connectivity index (χ3n) is 1.36. The molecule has 6 heteroatoms. The van der Waals surface area contributed by atoms with Crippen LogP contribution in [0.25, 0.3) is 0 Å². The van der Waals surface area contributed by atoms with E-state index >= 15 is 0 Å². The van der Waals surface area contributed by atoms with Crippen LogP contribution in [0.5, 0.6) is 5.75 Å². The molecular formula is C8H5BrClF3O. The van der Waals surface area contributed by atoms with Gasteiger partial charge in [0.05, 0.1) is 5.02 Å². The summed E-state index contributed by atoms with van der Waals surface area (Å²) < 4.78 is 41.5. The lowest BCUT2D eigenvalue weighted by atomic mass is 10.3. The van der Waals surface area contributed by atoms with E-state index in [1.165, 1.54) is 12.1 Å². The minimum atomic E-state index is -2.64. The summed E-state index contributed by atoms with van der Waals surface area (Å²) in [7, 11) is 0. The van der Waals surface area contributed by atoms with Gasteiger partial charge in [-0.05, 0) is 28.1 Å². The highest BCUT2D eigenvalue weighted by Crippen LogP contribution is 2.31. The summed E-state index contributed by atoms with van der Waals surface area (Å²) >= 11 is 8.49. The number of rotatable bonds is 3. The maximum absolute atomic E-state index is 13.2. The standard InChI is InChI=1S/C8H5BrClF3O/c9-4-1-2-5(8(13)7(4)10)14-3-6(11)12/h1-2,6H,3H2. The quantitative estimate of drug-likeness (QED) is 0.767. The van der Waals surface area contributed by atoms with Crippen molar-refractivity contribution in [1.82, 2.24) is 0 Å². The Morgan fingerprint density at radius 2 is 2.07 bits per heavy atom. The Bertz CT molecular complexity index is 333. The number of hydrogen-bond acceptors (Lipinski definition) is 1. The Balaban J connectivity index is 2.83. The van der Waals surface area contributed by atoms with Gasteiger partial charge >= 0.3 is 0 Å². The van der Waals surface area contributed by atoms with Crippen LogP contribution in [0.2, 0.25) is 5.02 Å². The molecule has 0 bridgehead atoms. The lowest BCUT2D eigenvalue weighted by Gasteiger charge is -2.07. The van der Waals surface area contributed by atoms with E-state index in [1.54, 1.807) is 0 Å². The fourth-order valence-corrected chi connectivity index (χ4v) is 1.23. The molecule has 0 atom stereocenters. The predicted molar refractivity (Wildman–Crippen MR) is 50.6 cm³/mol. The van der Waals surface area contributed by atoms with Crippen molar-refractivity contribution in [2.45, 2.75) is 6.43 Å². The van der Waals surface area contributed by atoms with E-state index in [0.717, 1.165) is 0 Å². The number of benzene rings is 1. The summed E-state index contributed by atoms with van der Waals surface area (Å²) in [6, 6.07) is 2.65. The topological polar surface area (TPSA) is 9.23 Å². The predicted octanol–water partition coefficient (Wildman–Crippen LogP) is 3.89. The van der Waals surface area contributed by atoms with Gasteiger partial charge in [0.2, 0.25) is 0 Å². The van der Waals surface area contributed by atoms with Crippen LogP contribution in [0.15, 0.2) is 16.6 Å². The first-order valence-corrected chi connectivity index (χ1v) is 4.74. The van der Waals surface area contributed by atoms with Gasteiger partial charge in [-0.3, -0.25) is 0 Å². The van der Waals surface area contributed by atoms with Crippen LogP contribution >= 0.6 is 27.5 Å².